The van der Waals surface area contributed by atoms with E-state index in [0.717, 1.165) is 4.88 Å². The Balaban J connectivity index is 2.02. The predicted octanol–water partition coefficient (Wildman–Crippen LogP) is 3.17. The predicted molar refractivity (Wildman–Crippen MR) is 57.6 cm³/mol. The number of ether oxygens (including phenoxy) is 1. The number of thiazole rings is 1. The third-order valence-electron chi connectivity index (χ3n) is 1.99. The molecule has 15 heavy (non-hydrogen) atoms. The number of aromatic nitrogens is 1. The molecule has 0 spiro atoms. The number of hydrogen-bond donors (Lipinski definition) is 0. The van der Waals surface area contributed by atoms with Crippen molar-refractivity contribution in [2.24, 2.45) is 0 Å². The highest BCUT2D eigenvalue weighted by Crippen LogP contribution is 2.18. The Morgan fingerprint density at radius 1 is 1.47 bits per heavy atom. The molecule has 0 aliphatic carbocycles. The van der Waals surface area contributed by atoms with Crippen molar-refractivity contribution in [3.05, 3.63) is 46.2 Å². The molecule has 1 heterocycles. The summed E-state index contributed by atoms with van der Waals surface area (Å²) in [5.74, 6) is 0.474. The van der Waals surface area contributed by atoms with Crippen LogP contribution in [0.4, 0.5) is 4.39 Å². The maximum Gasteiger partial charge on any atom is 0.126 e. The van der Waals surface area contributed by atoms with Crippen LogP contribution in [0, 0.1) is 12.7 Å². The lowest BCUT2D eigenvalue weighted by molar-refractivity contribution is 0.309. The molecule has 2 nitrogen and oxygen atoms in total. The first-order valence-electron chi connectivity index (χ1n) is 4.52. The average Bonchev–Trinajstić information content (AvgIpc) is 2.73. The van der Waals surface area contributed by atoms with E-state index in [-0.39, 0.29) is 5.82 Å². The van der Waals surface area contributed by atoms with Gasteiger partial charge in [0.1, 0.15) is 18.2 Å². The number of aryl methyl sites for hydroxylation is 1. The number of rotatable bonds is 3. The second kappa shape index (κ2) is 4.40. The largest absolute Gasteiger partial charge is 0.488 e. The standard InChI is InChI=1S/C11H10FNOS/c1-8-4-9(2-3-11(8)12)14-6-10-5-13-7-15-10/h2-5,7H,6H2,1H3. The Labute approximate surface area is 91.4 Å². The first-order chi connectivity index (χ1) is 7.25. The normalized spacial score (nSPS) is 10.3. The minimum Gasteiger partial charge on any atom is -0.488 e. The Hall–Kier alpha value is -1.42. The molecule has 0 unspecified atom stereocenters. The SMILES string of the molecule is Cc1cc(OCc2cncs2)ccc1F. The molecule has 0 N–H and O–H groups in total. The summed E-state index contributed by atoms with van der Waals surface area (Å²) in [7, 11) is 0. The van der Waals surface area contributed by atoms with Crippen molar-refractivity contribution in [3.8, 4) is 5.75 Å². The number of nitrogens with zero attached hydrogens (tertiary/aromatic N) is 1. The molecule has 0 atom stereocenters. The molecular formula is C11H10FNOS. The van der Waals surface area contributed by atoms with Crippen LogP contribution in [0.1, 0.15) is 10.4 Å². The van der Waals surface area contributed by atoms with E-state index in [9.17, 15) is 4.39 Å². The van der Waals surface area contributed by atoms with Crippen LogP contribution in [-0.2, 0) is 6.61 Å². The average molecular weight is 223 g/mol. The second-order valence-corrected chi connectivity index (χ2v) is 4.14. The summed E-state index contributed by atoms with van der Waals surface area (Å²) in [5.41, 5.74) is 2.35. The Kier molecular flexibility index (Phi) is 2.97. The van der Waals surface area contributed by atoms with E-state index < -0.39 is 0 Å². The molecule has 0 amide bonds. The third kappa shape index (κ3) is 2.53. The van der Waals surface area contributed by atoms with Gasteiger partial charge in [-0.25, -0.2) is 4.39 Å². The fourth-order valence-corrected chi connectivity index (χ4v) is 1.68. The molecule has 1 aromatic heterocycles. The van der Waals surface area contributed by atoms with Gasteiger partial charge in [-0.2, -0.15) is 0 Å². The van der Waals surface area contributed by atoms with Crippen LogP contribution in [-0.4, -0.2) is 4.98 Å². The highest BCUT2D eigenvalue weighted by Gasteiger charge is 2.00. The van der Waals surface area contributed by atoms with Gasteiger partial charge in [-0.05, 0) is 30.7 Å². The molecule has 0 aliphatic heterocycles. The van der Waals surface area contributed by atoms with Crippen LogP contribution < -0.4 is 4.74 Å². The van der Waals surface area contributed by atoms with Crippen LogP contribution >= 0.6 is 11.3 Å². The summed E-state index contributed by atoms with van der Waals surface area (Å²) in [5, 5.41) is 0. The first kappa shape index (κ1) is 10.1. The van der Waals surface area contributed by atoms with Crippen LogP contribution in [0.15, 0.2) is 29.9 Å². The molecule has 2 rings (SSSR count). The summed E-state index contributed by atoms with van der Waals surface area (Å²) in [6.45, 7) is 2.20. The minimum atomic E-state index is -0.208. The lowest BCUT2D eigenvalue weighted by Crippen LogP contribution is -1.93. The monoisotopic (exact) mass is 223 g/mol. The van der Waals surface area contributed by atoms with Crippen molar-refractivity contribution in [1.29, 1.82) is 0 Å². The summed E-state index contributed by atoms with van der Waals surface area (Å²) < 4.78 is 18.4. The van der Waals surface area contributed by atoms with Gasteiger partial charge < -0.3 is 4.74 Å². The zero-order chi connectivity index (χ0) is 10.7. The zero-order valence-electron chi connectivity index (χ0n) is 8.24. The molecule has 0 aliphatic rings. The van der Waals surface area contributed by atoms with Crippen LogP contribution in [0.5, 0.6) is 5.75 Å². The van der Waals surface area contributed by atoms with Crippen LogP contribution in [0.2, 0.25) is 0 Å². The number of benzene rings is 1. The third-order valence-corrected chi connectivity index (χ3v) is 2.75. The van der Waals surface area contributed by atoms with Gasteiger partial charge in [0.25, 0.3) is 0 Å². The molecule has 0 fully saturated rings. The van der Waals surface area contributed by atoms with E-state index in [1.165, 1.54) is 17.4 Å². The molecule has 2 aromatic rings. The van der Waals surface area contributed by atoms with Crippen molar-refractivity contribution < 1.29 is 9.13 Å². The Bertz CT molecular complexity index is 442. The fourth-order valence-electron chi connectivity index (χ4n) is 1.17. The van der Waals surface area contributed by atoms with Gasteiger partial charge in [-0.15, -0.1) is 11.3 Å². The lowest BCUT2D eigenvalue weighted by Gasteiger charge is -2.05. The van der Waals surface area contributed by atoms with Gasteiger partial charge in [-0.3, -0.25) is 4.98 Å². The van der Waals surface area contributed by atoms with Crippen molar-refractivity contribution in [2.45, 2.75) is 13.5 Å². The molecule has 4 heteroatoms. The summed E-state index contributed by atoms with van der Waals surface area (Å²) in [6.07, 6.45) is 1.76. The molecule has 0 saturated carbocycles. The molecule has 78 valence electrons. The van der Waals surface area contributed by atoms with Crippen LogP contribution in [0.3, 0.4) is 0 Å². The van der Waals surface area contributed by atoms with Crippen LogP contribution in [0.25, 0.3) is 0 Å². The topological polar surface area (TPSA) is 22.1 Å². The fraction of sp³-hybridized carbons (Fsp3) is 0.182. The van der Waals surface area contributed by atoms with Gasteiger partial charge >= 0.3 is 0 Å². The van der Waals surface area contributed by atoms with E-state index >= 15 is 0 Å². The van der Waals surface area contributed by atoms with Crippen molar-refractivity contribution >= 4 is 11.3 Å². The number of halogens is 1. The van der Waals surface area contributed by atoms with Gasteiger partial charge in [0.15, 0.2) is 0 Å². The molecule has 1 aromatic carbocycles. The van der Waals surface area contributed by atoms with E-state index in [0.29, 0.717) is 17.9 Å². The Morgan fingerprint density at radius 3 is 3.00 bits per heavy atom. The second-order valence-electron chi connectivity index (χ2n) is 3.17. The quantitative estimate of drug-likeness (QED) is 0.797. The van der Waals surface area contributed by atoms with E-state index in [4.69, 9.17) is 4.74 Å². The van der Waals surface area contributed by atoms with E-state index in [2.05, 4.69) is 4.98 Å². The Morgan fingerprint density at radius 2 is 2.33 bits per heavy atom. The van der Waals surface area contributed by atoms with Crippen molar-refractivity contribution in [2.75, 3.05) is 0 Å². The maximum absolute atomic E-state index is 12.9. The first-order valence-corrected chi connectivity index (χ1v) is 5.40. The van der Waals surface area contributed by atoms with Crippen molar-refractivity contribution in [1.82, 2.24) is 4.98 Å². The summed E-state index contributed by atoms with van der Waals surface area (Å²) >= 11 is 1.54. The molecular weight excluding hydrogens is 213 g/mol. The van der Waals surface area contributed by atoms with Gasteiger partial charge in [0.05, 0.1) is 10.4 Å². The molecule has 0 bridgehead atoms. The highest BCUT2D eigenvalue weighted by molar-refractivity contribution is 7.09. The summed E-state index contributed by atoms with van der Waals surface area (Å²) in [4.78, 5) is 5.00. The van der Waals surface area contributed by atoms with Gasteiger partial charge in [-0.1, -0.05) is 0 Å². The van der Waals surface area contributed by atoms with Gasteiger partial charge in [0.2, 0.25) is 0 Å². The summed E-state index contributed by atoms with van der Waals surface area (Å²) in [6, 6.07) is 4.73. The highest BCUT2D eigenvalue weighted by atomic mass is 32.1. The lowest BCUT2D eigenvalue weighted by atomic mass is 10.2. The molecule has 0 saturated heterocycles. The van der Waals surface area contributed by atoms with Crippen molar-refractivity contribution in [3.63, 3.8) is 0 Å². The minimum absolute atomic E-state index is 0.208. The van der Waals surface area contributed by atoms with E-state index in [1.807, 2.05) is 0 Å². The zero-order valence-corrected chi connectivity index (χ0v) is 9.05. The number of hydrogen-bond acceptors (Lipinski definition) is 3. The maximum atomic E-state index is 12.9. The van der Waals surface area contributed by atoms with E-state index in [1.54, 1.807) is 30.8 Å². The molecule has 0 radical (unpaired) electrons. The van der Waals surface area contributed by atoms with Gasteiger partial charge in [0, 0.05) is 6.20 Å². The smallest absolute Gasteiger partial charge is 0.126 e.